The Hall–Kier alpha value is -1.75. The summed E-state index contributed by atoms with van der Waals surface area (Å²) in [6.45, 7) is 7.39. The number of oxime groups is 1. The van der Waals surface area contributed by atoms with Gasteiger partial charge in [0.2, 0.25) is 0 Å². The highest BCUT2D eigenvalue weighted by Crippen LogP contribution is 2.20. The van der Waals surface area contributed by atoms with Crippen LogP contribution in [0.5, 0.6) is 5.75 Å². The Morgan fingerprint density at radius 2 is 2.05 bits per heavy atom. The van der Waals surface area contributed by atoms with E-state index >= 15 is 0 Å². The number of benzene rings is 1. The summed E-state index contributed by atoms with van der Waals surface area (Å²) in [6.07, 6.45) is 2.34. The van der Waals surface area contributed by atoms with Gasteiger partial charge in [0.25, 0.3) is 0 Å². The first-order valence-electron chi connectivity index (χ1n) is 7.45. The molecule has 0 spiro atoms. The molecule has 1 aromatic rings. The van der Waals surface area contributed by atoms with E-state index in [-0.39, 0.29) is 5.84 Å². The molecule has 0 bridgehead atoms. The number of rotatable bonds is 8. The summed E-state index contributed by atoms with van der Waals surface area (Å²) in [4.78, 5) is 0. The van der Waals surface area contributed by atoms with Gasteiger partial charge in [-0.25, -0.2) is 0 Å². The van der Waals surface area contributed by atoms with Crippen molar-refractivity contribution in [2.24, 2.45) is 16.8 Å². The minimum atomic E-state index is 0.0572. The zero-order valence-corrected chi connectivity index (χ0v) is 13.4. The third-order valence-corrected chi connectivity index (χ3v) is 4.03. The third-order valence-electron chi connectivity index (χ3n) is 4.03. The van der Waals surface area contributed by atoms with Crippen molar-refractivity contribution in [3.8, 4) is 5.75 Å². The predicted octanol–water partition coefficient (Wildman–Crippen LogP) is 2.70. The van der Waals surface area contributed by atoms with Gasteiger partial charge in [-0.1, -0.05) is 37.9 Å². The highest BCUT2D eigenvalue weighted by Gasteiger charge is 2.13. The molecule has 0 aromatic heterocycles. The molecule has 0 heterocycles. The highest BCUT2D eigenvalue weighted by molar-refractivity contribution is 5.99. The maximum absolute atomic E-state index is 8.85. The van der Waals surface area contributed by atoms with Crippen LogP contribution in [0.1, 0.15) is 44.7 Å². The summed E-state index contributed by atoms with van der Waals surface area (Å²) in [5.74, 6) is 1.33. The Balaban J connectivity index is 2.81. The molecule has 118 valence electrons. The van der Waals surface area contributed by atoms with E-state index in [0.717, 1.165) is 12.1 Å². The van der Waals surface area contributed by atoms with Crippen LogP contribution in [-0.4, -0.2) is 24.2 Å². The molecule has 0 aliphatic carbocycles. The summed E-state index contributed by atoms with van der Waals surface area (Å²) < 4.78 is 5.23. The topological polar surface area (TPSA) is 79.9 Å². The normalized spacial score (nSPS) is 13.5. The number of nitrogens with two attached hydrogens (primary N) is 1. The van der Waals surface area contributed by atoms with Crippen molar-refractivity contribution in [1.82, 2.24) is 5.32 Å². The van der Waals surface area contributed by atoms with E-state index < -0.39 is 0 Å². The molecule has 1 rings (SSSR count). The number of methoxy groups -OCH3 is 1. The zero-order valence-electron chi connectivity index (χ0n) is 13.4. The monoisotopic (exact) mass is 293 g/mol. The van der Waals surface area contributed by atoms with Gasteiger partial charge in [0.15, 0.2) is 5.84 Å². The predicted molar refractivity (Wildman–Crippen MR) is 85.9 cm³/mol. The molecule has 0 saturated carbocycles. The zero-order chi connectivity index (χ0) is 15.8. The van der Waals surface area contributed by atoms with E-state index in [1.807, 2.05) is 18.2 Å². The highest BCUT2D eigenvalue weighted by atomic mass is 16.5. The first-order valence-corrected chi connectivity index (χ1v) is 7.45. The first kappa shape index (κ1) is 17.3. The average molecular weight is 293 g/mol. The van der Waals surface area contributed by atoms with Crippen LogP contribution >= 0.6 is 0 Å². The second-order valence-corrected chi connectivity index (χ2v) is 5.27. The van der Waals surface area contributed by atoms with Crippen molar-refractivity contribution in [2.45, 2.75) is 46.2 Å². The van der Waals surface area contributed by atoms with Crippen LogP contribution in [-0.2, 0) is 6.54 Å². The number of nitrogens with one attached hydrogen (secondary N) is 1. The number of nitrogens with zero attached hydrogens (tertiary/aromatic N) is 1. The van der Waals surface area contributed by atoms with E-state index in [9.17, 15) is 0 Å². The molecule has 0 amide bonds. The molecule has 5 heteroatoms. The van der Waals surface area contributed by atoms with E-state index in [1.54, 1.807) is 7.11 Å². The molecular weight excluding hydrogens is 266 g/mol. The summed E-state index contributed by atoms with van der Waals surface area (Å²) in [5, 5.41) is 15.4. The molecule has 1 unspecified atom stereocenters. The van der Waals surface area contributed by atoms with Crippen LogP contribution in [0.15, 0.2) is 23.4 Å². The van der Waals surface area contributed by atoms with E-state index in [1.165, 1.54) is 12.8 Å². The number of hydrogen-bond acceptors (Lipinski definition) is 4. The molecule has 5 nitrogen and oxygen atoms in total. The van der Waals surface area contributed by atoms with Gasteiger partial charge in [0.1, 0.15) is 5.75 Å². The van der Waals surface area contributed by atoms with Gasteiger partial charge < -0.3 is 21.0 Å². The van der Waals surface area contributed by atoms with Crippen molar-refractivity contribution in [3.63, 3.8) is 0 Å². The van der Waals surface area contributed by atoms with Crippen molar-refractivity contribution in [2.75, 3.05) is 7.11 Å². The Kier molecular flexibility index (Phi) is 7.02. The molecule has 21 heavy (non-hydrogen) atoms. The average Bonchev–Trinajstić information content (AvgIpc) is 2.52. The molecule has 0 aliphatic heterocycles. The molecule has 0 aliphatic rings. The summed E-state index contributed by atoms with van der Waals surface area (Å²) >= 11 is 0. The minimum absolute atomic E-state index is 0.0572. The maximum Gasteiger partial charge on any atom is 0.173 e. The van der Waals surface area contributed by atoms with Crippen LogP contribution in [0, 0.1) is 5.92 Å². The Bertz CT molecular complexity index is 471. The third kappa shape index (κ3) is 4.63. The number of ether oxygens (including phenoxy) is 1. The Labute approximate surface area is 127 Å². The van der Waals surface area contributed by atoms with E-state index in [0.29, 0.717) is 23.3 Å². The van der Waals surface area contributed by atoms with Gasteiger partial charge in [0, 0.05) is 12.6 Å². The van der Waals surface area contributed by atoms with Crippen molar-refractivity contribution < 1.29 is 9.94 Å². The van der Waals surface area contributed by atoms with Crippen LogP contribution in [0.2, 0.25) is 0 Å². The van der Waals surface area contributed by atoms with Crippen molar-refractivity contribution in [3.05, 3.63) is 29.3 Å². The lowest BCUT2D eigenvalue weighted by Crippen LogP contribution is -2.32. The van der Waals surface area contributed by atoms with Crippen molar-refractivity contribution in [1.29, 1.82) is 0 Å². The fourth-order valence-electron chi connectivity index (χ4n) is 2.56. The standard InChI is InChI=1S/C16H27N3O2/c1-5-13(6-2)11(3)18-10-12-7-8-15(21-4)14(9-12)16(17)19-20/h7-9,11,13,18,20H,5-6,10H2,1-4H3,(H2,17,19). The van der Waals surface area contributed by atoms with Crippen LogP contribution in [0.3, 0.4) is 0 Å². The Morgan fingerprint density at radius 3 is 2.57 bits per heavy atom. The van der Waals surface area contributed by atoms with Gasteiger partial charge in [-0.3, -0.25) is 0 Å². The summed E-state index contributed by atoms with van der Waals surface area (Å²) in [6, 6.07) is 6.17. The molecule has 4 N–H and O–H groups in total. The van der Waals surface area contributed by atoms with Crippen LogP contribution in [0.4, 0.5) is 0 Å². The maximum atomic E-state index is 8.85. The van der Waals surface area contributed by atoms with Gasteiger partial charge in [0.05, 0.1) is 12.7 Å². The second-order valence-electron chi connectivity index (χ2n) is 5.27. The van der Waals surface area contributed by atoms with Gasteiger partial charge >= 0.3 is 0 Å². The fraction of sp³-hybridized carbons (Fsp3) is 0.562. The number of amidine groups is 1. The molecule has 1 aromatic carbocycles. The van der Waals surface area contributed by atoms with Crippen molar-refractivity contribution >= 4 is 5.84 Å². The smallest absolute Gasteiger partial charge is 0.173 e. The van der Waals surface area contributed by atoms with Crippen LogP contribution in [0.25, 0.3) is 0 Å². The molecule has 0 fully saturated rings. The number of hydrogen-bond donors (Lipinski definition) is 3. The van der Waals surface area contributed by atoms with Gasteiger partial charge in [-0.15, -0.1) is 0 Å². The van der Waals surface area contributed by atoms with Gasteiger partial charge in [-0.05, 0) is 30.5 Å². The van der Waals surface area contributed by atoms with Crippen LogP contribution < -0.4 is 15.8 Å². The first-order chi connectivity index (χ1) is 10.1. The lowest BCUT2D eigenvalue weighted by molar-refractivity contribution is 0.318. The lowest BCUT2D eigenvalue weighted by Gasteiger charge is -2.22. The molecular formula is C16H27N3O2. The fourth-order valence-corrected chi connectivity index (χ4v) is 2.56. The lowest BCUT2D eigenvalue weighted by atomic mass is 9.95. The molecule has 0 radical (unpaired) electrons. The minimum Gasteiger partial charge on any atom is -0.496 e. The summed E-state index contributed by atoms with van der Waals surface area (Å²) in [7, 11) is 1.57. The van der Waals surface area contributed by atoms with E-state index in [2.05, 4.69) is 31.2 Å². The van der Waals surface area contributed by atoms with E-state index in [4.69, 9.17) is 15.7 Å². The SMILES string of the molecule is CCC(CC)C(C)NCc1ccc(OC)c(C(N)=NO)c1. The van der Waals surface area contributed by atoms with Gasteiger partial charge in [-0.2, -0.15) is 0 Å². The summed E-state index contributed by atoms with van der Waals surface area (Å²) in [5.41, 5.74) is 7.37. The largest absolute Gasteiger partial charge is 0.496 e. The quantitative estimate of drug-likeness (QED) is 0.298. The second kappa shape index (κ2) is 8.52. The Morgan fingerprint density at radius 1 is 1.38 bits per heavy atom. The molecule has 0 saturated heterocycles. The molecule has 1 atom stereocenters.